The predicted molar refractivity (Wildman–Crippen MR) is 111 cm³/mol. The lowest BCUT2D eigenvalue weighted by Crippen LogP contribution is -2.46. The first-order valence-corrected chi connectivity index (χ1v) is 9.65. The second-order valence-corrected chi connectivity index (χ2v) is 6.85. The van der Waals surface area contributed by atoms with Gasteiger partial charge in [-0.3, -0.25) is 0 Å². The molecule has 1 aliphatic rings. The Morgan fingerprint density at radius 2 is 1.64 bits per heavy atom. The standard InChI is InChI=1S/C22H24FN5/c1-2-27-12-14-28(15-13-27)21-16-20(24-19-10-8-18(23)9-11-19)25-22(26-21)17-6-4-3-5-7-17/h3-11,16H,2,12-15H2,1H3,(H,24,25,26). The van der Waals surface area contributed by atoms with Gasteiger partial charge >= 0.3 is 0 Å². The highest BCUT2D eigenvalue weighted by atomic mass is 19.1. The van der Waals surface area contributed by atoms with Gasteiger partial charge in [0.2, 0.25) is 0 Å². The van der Waals surface area contributed by atoms with Gasteiger partial charge in [-0.1, -0.05) is 37.3 Å². The van der Waals surface area contributed by atoms with Crippen LogP contribution in [0.5, 0.6) is 0 Å². The summed E-state index contributed by atoms with van der Waals surface area (Å²) in [5.41, 5.74) is 1.76. The average Bonchev–Trinajstić information content (AvgIpc) is 2.76. The van der Waals surface area contributed by atoms with E-state index in [1.54, 1.807) is 12.1 Å². The van der Waals surface area contributed by atoms with Gasteiger partial charge in [-0.2, -0.15) is 0 Å². The van der Waals surface area contributed by atoms with Crippen LogP contribution in [0.1, 0.15) is 6.92 Å². The summed E-state index contributed by atoms with van der Waals surface area (Å²) >= 11 is 0. The molecule has 2 aromatic carbocycles. The van der Waals surface area contributed by atoms with Crippen molar-refractivity contribution in [2.45, 2.75) is 6.92 Å². The molecule has 3 aromatic rings. The summed E-state index contributed by atoms with van der Waals surface area (Å²) in [6.07, 6.45) is 0. The molecule has 6 heteroatoms. The third-order valence-corrected chi connectivity index (χ3v) is 5.00. The first kappa shape index (κ1) is 18.4. The molecular formula is C22H24FN5. The zero-order chi connectivity index (χ0) is 19.3. The summed E-state index contributed by atoms with van der Waals surface area (Å²) < 4.78 is 13.2. The highest BCUT2D eigenvalue weighted by Gasteiger charge is 2.19. The average molecular weight is 377 g/mol. The first-order valence-electron chi connectivity index (χ1n) is 9.65. The Morgan fingerprint density at radius 3 is 2.32 bits per heavy atom. The lowest BCUT2D eigenvalue weighted by Gasteiger charge is -2.35. The SMILES string of the molecule is CCN1CCN(c2cc(Nc3ccc(F)cc3)nc(-c3ccccc3)n2)CC1. The summed E-state index contributed by atoms with van der Waals surface area (Å²) in [6.45, 7) is 7.21. The van der Waals surface area contributed by atoms with Crippen molar-refractivity contribution in [2.75, 3.05) is 42.9 Å². The summed E-state index contributed by atoms with van der Waals surface area (Å²) in [6, 6.07) is 18.2. The van der Waals surface area contributed by atoms with Crippen LogP contribution in [-0.2, 0) is 0 Å². The summed E-state index contributed by atoms with van der Waals surface area (Å²) in [4.78, 5) is 14.3. The number of anilines is 3. The Morgan fingerprint density at radius 1 is 0.929 bits per heavy atom. The van der Waals surface area contributed by atoms with Gasteiger partial charge < -0.3 is 15.1 Å². The molecule has 4 rings (SSSR count). The van der Waals surface area contributed by atoms with Gasteiger partial charge in [0, 0.05) is 43.5 Å². The Hall–Kier alpha value is -2.99. The Bertz CT molecular complexity index is 906. The Balaban J connectivity index is 1.66. The molecule has 1 fully saturated rings. The van der Waals surface area contributed by atoms with Crippen LogP contribution >= 0.6 is 0 Å². The third kappa shape index (κ3) is 4.28. The molecule has 1 saturated heterocycles. The minimum Gasteiger partial charge on any atom is -0.354 e. The number of benzene rings is 2. The van der Waals surface area contributed by atoms with E-state index in [1.165, 1.54) is 12.1 Å². The van der Waals surface area contributed by atoms with Crippen molar-refractivity contribution in [3.8, 4) is 11.4 Å². The summed E-state index contributed by atoms with van der Waals surface area (Å²) in [7, 11) is 0. The predicted octanol–water partition coefficient (Wildman–Crippen LogP) is 4.17. The molecule has 2 heterocycles. The van der Waals surface area contributed by atoms with E-state index < -0.39 is 0 Å². The molecule has 144 valence electrons. The van der Waals surface area contributed by atoms with E-state index in [0.717, 1.165) is 49.8 Å². The normalized spacial score (nSPS) is 14.9. The van der Waals surface area contributed by atoms with E-state index >= 15 is 0 Å². The molecule has 1 aromatic heterocycles. The van der Waals surface area contributed by atoms with Crippen molar-refractivity contribution in [3.63, 3.8) is 0 Å². The number of hydrogen-bond acceptors (Lipinski definition) is 5. The first-order chi connectivity index (χ1) is 13.7. The van der Waals surface area contributed by atoms with Crippen LogP contribution in [0.3, 0.4) is 0 Å². The van der Waals surface area contributed by atoms with Gasteiger partial charge in [-0.25, -0.2) is 14.4 Å². The fourth-order valence-electron chi connectivity index (χ4n) is 3.35. The fraction of sp³-hybridized carbons (Fsp3) is 0.273. The quantitative estimate of drug-likeness (QED) is 0.723. The van der Waals surface area contributed by atoms with Crippen LogP contribution < -0.4 is 10.2 Å². The molecule has 0 radical (unpaired) electrons. The zero-order valence-corrected chi connectivity index (χ0v) is 16.0. The maximum Gasteiger partial charge on any atom is 0.163 e. The molecule has 0 unspecified atom stereocenters. The Kier molecular flexibility index (Phi) is 5.48. The molecule has 1 N–H and O–H groups in total. The molecule has 0 amide bonds. The third-order valence-electron chi connectivity index (χ3n) is 5.00. The van der Waals surface area contributed by atoms with Gasteiger partial charge in [0.05, 0.1) is 0 Å². The lowest BCUT2D eigenvalue weighted by atomic mass is 10.2. The molecule has 0 saturated carbocycles. The van der Waals surface area contributed by atoms with Crippen molar-refractivity contribution in [1.29, 1.82) is 0 Å². The van der Waals surface area contributed by atoms with Gasteiger partial charge in [0.25, 0.3) is 0 Å². The van der Waals surface area contributed by atoms with Crippen molar-refractivity contribution in [3.05, 3.63) is 66.5 Å². The second kappa shape index (κ2) is 8.35. The zero-order valence-electron chi connectivity index (χ0n) is 16.0. The number of likely N-dealkylation sites (N-methyl/N-ethyl adjacent to an activating group) is 1. The van der Waals surface area contributed by atoms with Crippen LogP contribution in [-0.4, -0.2) is 47.6 Å². The smallest absolute Gasteiger partial charge is 0.163 e. The topological polar surface area (TPSA) is 44.3 Å². The van der Waals surface area contributed by atoms with Crippen molar-refractivity contribution in [2.24, 2.45) is 0 Å². The molecular weight excluding hydrogens is 353 g/mol. The maximum atomic E-state index is 13.2. The minimum atomic E-state index is -0.257. The van der Waals surface area contributed by atoms with Gasteiger partial charge in [0.1, 0.15) is 17.5 Å². The van der Waals surface area contributed by atoms with Gasteiger partial charge in [-0.05, 0) is 30.8 Å². The fourth-order valence-corrected chi connectivity index (χ4v) is 3.35. The van der Waals surface area contributed by atoms with Crippen LogP contribution in [0.15, 0.2) is 60.7 Å². The molecule has 0 bridgehead atoms. The number of halogens is 1. The van der Waals surface area contributed by atoms with Crippen molar-refractivity contribution in [1.82, 2.24) is 14.9 Å². The highest BCUT2D eigenvalue weighted by molar-refractivity contribution is 5.65. The molecule has 0 aliphatic carbocycles. The van der Waals surface area contributed by atoms with Crippen molar-refractivity contribution < 1.29 is 4.39 Å². The van der Waals surface area contributed by atoms with E-state index in [4.69, 9.17) is 9.97 Å². The molecule has 0 atom stereocenters. The van der Waals surface area contributed by atoms with E-state index in [0.29, 0.717) is 11.6 Å². The molecule has 5 nitrogen and oxygen atoms in total. The number of nitrogens with zero attached hydrogens (tertiary/aromatic N) is 4. The van der Waals surface area contributed by atoms with Crippen LogP contribution in [0, 0.1) is 5.82 Å². The molecule has 28 heavy (non-hydrogen) atoms. The number of aromatic nitrogens is 2. The largest absolute Gasteiger partial charge is 0.354 e. The van der Waals surface area contributed by atoms with Crippen LogP contribution in [0.4, 0.5) is 21.7 Å². The van der Waals surface area contributed by atoms with Crippen LogP contribution in [0.2, 0.25) is 0 Å². The number of hydrogen-bond donors (Lipinski definition) is 1. The Labute approximate surface area is 164 Å². The monoisotopic (exact) mass is 377 g/mol. The maximum absolute atomic E-state index is 13.2. The lowest BCUT2D eigenvalue weighted by molar-refractivity contribution is 0.270. The van der Waals surface area contributed by atoms with Crippen molar-refractivity contribution >= 4 is 17.3 Å². The minimum absolute atomic E-state index is 0.257. The van der Waals surface area contributed by atoms with Gasteiger partial charge in [0.15, 0.2) is 5.82 Å². The van der Waals surface area contributed by atoms with E-state index in [2.05, 4.69) is 22.0 Å². The van der Waals surface area contributed by atoms with E-state index in [9.17, 15) is 4.39 Å². The van der Waals surface area contributed by atoms with E-state index in [-0.39, 0.29) is 5.82 Å². The molecule has 1 aliphatic heterocycles. The summed E-state index contributed by atoms with van der Waals surface area (Å²) in [5.74, 6) is 2.04. The number of piperazine rings is 1. The second-order valence-electron chi connectivity index (χ2n) is 6.85. The van der Waals surface area contributed by atoms with Gasteiger partial charge in [-0.15, -0.1) is 0 Å². The van der Waals surface area contributed by atoms with E-state index in [1.807, 2.05) is 36.4 Å². The number of rotatable bonds is 5. The number of nitrogens with one attached hydrogen (secondary N) is 1. The highest BCUT2D eigenvalue weighted by Crippen LogP contribution is 2.25. The summed E-state index contributed by atoms with van der Waals surface area (Å²) in [5, 5.41) is 3.29. The van der Waals surface area contributed by atoms with Crippen LogP contribution in [0.25, 0.3) is 11.4 Å². The molecule has 0 spiro atoms.